The van der Waals surface area contributed by atoms with E-state index in [4.69, 9.17) is 0 Å². The Balaban J connectivity index is 2.18. The molecule has 1 N–H and O–H groups in total. The molecule has 0 aliphatic carbocycles. The number of nitro benzene ring substituents is 1. The minimum Gasteiger partial charge on any atom is -0.388 e. The molecule has 2 aromatic rings. The summed E-state index contributed by atoms with van der Waals surface area (Å²) in [6.07, 6.45) is 0.449. The summed E-state index contributed by atoms with van der Waals surface area (Å²) in [5.74, 6) is 0. The number of hydrogen-bond donors (Lipinski definition) is 1. The van der Waals surface area contributed by atoms with Gasteiger partial charge in [-0.3, -0.25) is 10.1 Å². The van der Waals surface area contributed by atoms with Crippen molar-refractivity contribution in [3.63, 3.8) is 0 Å². The van der Waals surface area contributed by atoms with Crippen molar-refractivity contribution >= 4 is 5.69 Å². The van der Waals surface area contributed by atoms with E-state index >= 15 is 0 Å². The highest BCUT2D eigenvalue weighted by atomic mass is 16.6. The predicted molar refractivity (Wildman–Crippen MR) is 77.6 cm³/mol. The van der Waals surface area contributed by atoms with Gasteiger partial charge in [0, 0.05) is 18.1 Å². The lowest BCUT2D eigenvalue weighted by Gasteiger charge is -2.12. The zero-order valence-corrected chi connectivity index (χ0v) is 11.3. The number of hydrogen-bond acceptors (Lipinski definition) is 3. The largest absolute Gasteiger partial charge is 0.388 e. The Morgan fingerprint density at radius 1 is 1.15 bits per heavy atom. The lowest BCUT2D eigenvalue weighted by Crippen LogP contribution is -2.04. The fourth-order valence-corrected chi connectivity index (χ4v) is 2.16. The van der Waals surface area contributed by atoms with Crippen molar-refractivity contribution in [1.29, 1.82) is 0 Å². The van der Waals surface area contributed by atoms with Gasteiger partial charge in [0.05, 0.1) is 11.0 Å². The van der Waals surface area contributed by atoms with Crippen LogP contribution in [0.2, 0.25) is 0 Å². The molecule has 0 aromatic heterocycles. The fourth-order valence-electron chi connectivity index (χ4n) is 2.16. The van der Waals surface area contributed by atoms with Gasteiger partial charge in [0.25, 0.3) is 5.69 Å². The highest BCUT2D eigenvalue weighted by Crippen LogP contribution is 2.25. The van der Waals surface area contributed by atoms with Crippen LogP contribution in [0, 0.1) is 10.1 Å². The van der Waals surface area contributed by atoms with Crippen molar-refractivity contribution < 1.29 is 10.0 Å². The molecule has 20 heavy (non-hydrogen) atoms. The monoisotopic (exact) mass is 271 g/mol. The van der Waals surface area contributed by atoms with Crippen molar-refractivity contribution in [1.82, 2.24) is 0 Å². The summed E-state index contributed by atoms with van der Waals surface area (Å²) in [4.78, 5) is 10.5. The maximum atomic E-state index is 10.9. The number of aliphatic hydroxyl groups is 1. The molecular weight excluding hydrogens is 254 g/mol. The summed E-state index contributed by atoms with van der Waals surface area (Å²) in [6.45, 7) is 2.07. The van der Waals surface area contributed by atoms with E-state index in [1.165, 1.54) is 11.6 Å². The Bertz CT molecular complexity index is 593. The summed E-state index contributed by atoms with van der Waals surface area (Å²) in [6, 6.07) is 14.2. The minimum absolute atomic E-state index is 0.0525. The summed E-state index contributed by atoms with van der Waals surface area (Å²) in [7, 11) is 0. The molecule has 0 amide bonds. The first-order valence-electron chi connectivity index (χ1n) is 6.61. The van der Waals surface area contributed by atoms with Gasteiger partial charge in [0.1, 0.15) is 0 Å². The second-order valence-corrected chi connectivity index (χ2v) is 4.70. The van der Waals surface area contributed by atoms with E-state index in [2.05, 4.69) is 6.92 Å². The molecule has 0 saturated carbocycles. The van der Waals surface area contributed by atoms with Gasteiger partial charge in [-0.15, -0.1) is 0 Å². The average molecular weight is 271 g/mol. The second-order valence-electron chi connectivity index (χ2n) is 4.70. The molecule has 4 heteroatoms. The first-order valence-corrected chi connectivity index (χ1v) is 6.61. The van der Waals surface area contributed by atoms with Crippen LogP contribution >= 0.6 is 0 Å². The van der Waals surface area contributed by atoms with Crippen LogP contribution in [-0.2, 0) is 12.8 Å². The molecule has 0 spiro atoms. The molecule has 1 atom stereocenters. The molecule has 0 radical (unpaired) electrons. The zero-order valence-electron chi connectivity index (χ0n) is 11.3. The number of nitro groups is 1. The molecular formula is C16H17NO3. The summed E-state index contributed by atoms with van der Waals surface area (Å²) in [5.41, 5.74) is 2.58. The normalized spacial score (nSPS) is 12.1. The molecule has 104 valence electrons. The third-order valence-corrected chi connectivity index (χ3v) is 3.37. The number of aryl methyl sites for hydroxylation is 1. The van der Waals surface area contributed by atoms with E-state index in [1.807, 2.05) is 24.3 Å². The van der Waals surface area contributed by atoms with Crippen LogP contribution in [0.15, 0.2) is 48.5 Å². The van der Waals surface area contributed by atoms with Crippen molar-refractivity contribution in [2.24, 2.45) is 0 Å². The van der Waals surface area contributed by atoms with Crippen LogP contribution in [0.5, 0.6) is 0 Å². The molecule has 0 fully saturated rings. The van der Waals surface area contributed by atoms with Gasteiger partial charge in [-0.1, -0.05) is 49.4 Å². The van der Waals surface area contributed by atoms with Crippen LogP contribution in [0.25, 0.3) is 0 Å². The third kappa shape index (κ3) is 3.22. The van der Waals surface area contributed by atoms with Crippen LogP contribution < -0.4 is 0 Å². The first-order chi connectivity index (χ1) is 9.61. The lowest BCUT2D eigenvalue weighted by atomic mass is 9.99. The van der Waals surface area contributed by atoms with Gasteiger partial charge >= 0.3 is 0 Å². The molecule has 0 heterocycles. The molecule has 2 aromatic carbocycles. The lowest BCUT2D eigenvalue weighted by molar-refractivity contribution is -0.385. The maximum Gasteiger partial charge on any atom is 0.272 e. The molecule has 0 saturated heterocycles. The number of rotatable bonds is 5. The third-order valence-electron chi connectivity index (χ3n) is 3.37. The highest BCUT2D eigenvalue weighted by molar-refractivity contribution is 5.41. The second kappa shape index (κ2) is 6.30. The topological polar surface area (TPSA) is 63.4 Å². The minimum atomic E-state index is -0.734. The van der Waals surface area contributed by atoms with E-state index in [9.17, 15) is 15.2 Å². The van der Waals surface area contributed by atoms with E-state index in [1.54, 1.807) is 18.2 Å². The Labute approximate surface area is 117 Å². The van der Waals surface area contributed by atoms with Crippen LogP contribution in [0.4, 0.5) is 5.69 Å². The van der Waals surface area contributed by atoms with E-state index in [0.29, 0.717) is 5.56 Å². The fraction of sp³-hybridized carbons (Fsp3) is 0.250. The first kappa shape index (κ1) is 14.2. The summed E-state index contributed by atoms with van der Waals surface area (Å²) in [5, 5.41) is 21.2. The Hall–Kier alpha value is -2.20. The summed E-state index contributed by atoms with van der Waals surface area (Å²) >= 11 is 0. The van der Waals surface area contributed by atoms with Gasteiger partial charge in [0.15, 0.2) is 0 Å². The van der Waals surface area contributed by atoms with Gasteiger partial charge in [-0.2, -0.15) is 0 Å². The Kier molecular flexibility index (Phi) is 4.48. The van der Waals surface area contributed by atoms with E-state index in [0.717, 1.165) is 12.0 Å². The average Bonchev–Trinajstić information content (AvgIpc) is 2.47. The van der Waals surface area contributed by atoms with Crippen LogP contribution in [0.3, 0.4) is 0 Å². The quantitative estimate of drug-likeness (QED) is 0.669. The molecule has 0 aliphatic rings. The Morgan fingerprint density at radius 3 is 2.40 bits per heavy atom. The van der Waals surface area contributed by atoms with E-state index in [-0.39, 0.29) is 12.1 Å². The van der Waals surface area contributed by atoms with Crippen LogP contribution in [-0.4, -0.2) is 10.0 Å². The number of benzene rings is 2. The number of aliphatic hydroxyl groups excluding tert-OH is 1. The standard InChI is InChI=1S/C16H17NO3/c1-2-12-7-9-13(10-8-12)16(18)11-14-5-3-4-6-15(14)17(19)20/h3-10,16,18H,2,11H2,1H3. The van der Waals surface area contributed by atoms with Crippen molar-refractivity contribution in [3.8, 4) is 0 Å². The molecule has 2 rings (SSSR count). The van der Waals surface area contributed by atoms with Crippen molar-refractivity contribution in [2.45, 2.75) is 25.9 Å². The number of nitrogens with zero attached hydrogens (tertiary/aromatic N) is 1. The highest BCUT2D eigenvalue weighted by Gasteiger charge is 2.16. The smallest absolute Gasteiger partial charge is 0.272 e. The van der Waals surface area contributed by atoms with Crippen molar-refractivity contribution in [2.75, 3.05) is 0 Å². The molecule has 0 aliphatic heterocycles. The van der Waals surface area contributed by atoms with Gasteiger partial charge < -0.3 is 5.11 Å². The van der Waals surface area contributed by atoms with Crippen LogP contribution in [0.1, 0.15) is 29.7 Å². The Morgan fingerprint density at radius 2 is 1.80 bits per heavy atom. The van der Waals surface area contributed by atoms with Gasteiger partial charge in [-0.25, -0.2) is 0 Å². The summed E-state index contributed by atoms with van der Waals surface area (Å²) < 4.78 is 0. The molecule has 4 nitrogen and oxygen atoms in total. The van der Waals surface area contributed by atoms with Gasteiger partial charge in [-0.05, 0) is 17.5 Å². The number of para-hydroxylation sites is 1. The maximum absolute atomic E-state index is 10.9. The van der Waals surface area contributed by atoms with Crippen molar-refractivity contribution in [3.05, 3.63) is 75.3 Å². The predicted octanol–water partition coefficient (Wildman–Crippen LogP) is 3.43. The van der Waals surface area contributed by atoms with E-state index < -0.39 is 11.0 Å². The SMILES string of the molecule is CCc1ccc(C(O)Cc2ccccc2[N+](=O)[O-])cc1. The molecule has 0 bridgehead atoms. The zero-order chi connectivity index (χ0) is 14.5. The molecule has 1 unspecified atom stereocenters. The van der Waals surface area contributed by atoms with Gasteiger partial charge in [0.2, 0.25) is 0 Å².